The summed E-state index contributed by atoms with van der Waals surface area (Å²) in [6.07, 6.45) is -0.592. The Morgan fingerprint density at radius 3 is 2.58 bits per heavy atom. The molecule has 0 aromatic heterocycles. The van der Waals surface area contributed by atoms with Crippen molar-refractivity contribution in [2.75, 3.05) is 13.1 Å². The van der Waals surface area contributed by atoms with Gasteiger partial charge in [0, 0.05) is 19.1 Å². The summed E-state index contributed by atoms with van der Waals surface area (Å²) in [6.45, 7) is 0.439. The average molecular weight is 290 g/mol. The molecule has 0 aliphatic carbocycles. The normalized spacial score (nSPS) is 23.7. The van der Waals surface area contributed by atoms with E-state index in [0.717, 1.165) is 0 Å². The molecule has 2 rings (SSSR count). The third kappa shape index (κ3) is 4.52. The maximum Gasteiger partial charge on any atom is 0.215 e. The number of rotatable bonds is 5. The van der Waals surface area contributed by atoms with E-state index in [-0.39, 0.29) is 24.9 Å². The zero-order chi connectivity index (χ0) is 13.9. The van der Waals surface area contributed by atoms with Crippen molar-refractivity contribution in [3.05, 3.63) is 35.6 Å². The fourth-order valence-corrected chi connectivity index (χ4v) is 3.19. The Hall–Kier alpha value is -1.05. The number of benzene rings is 1. The third-order valence-corrected chi connectivity index (χ3v) is 4.31. The molecular formula is C12H16F2N2O2S. The molecule has 0 amide bonds. The zero-order valence-corrected chi connectivity index (χ0v) is 11.1. The first-order valence-electron chi connectivity index (χ1n) is 6.04. The molecule has 19 heavy (non-hydrogen) atoms. The molecule has 1 fully saturated rings. The van der Waals surface area contributed by atoms with Crippen LogP contribution in [0.5, 0.6) is 0 Å². The molecule has 106 valence electrons. The summed E-state index contributed by atoms with van der Waals surface area (Å²) in [5, 5.41) is 2.90. The first kappa shape index (κ1) is 14.4. The van der Waals surface area contributed by atoms with E-state index < -0.39 is 22.0 Å². The van der Waals surface area contributed by atoms with Crippen molar-refractivity contribution in [3.8, 4) is 0 Å². The van der Waals surface area contributed by atoms with Gasteiger partial charge in [-0.25, -0.2) is 21.9 Å². The molecule has 1 aromatic carbocycles. The van der Waals surface area contributed by atoms with Crippen molar-refractivity contribution in [2.45, 2.75) is 24.4 Å². The van der Waals surface area contributed by atoms with Crippen molar-refractivity contribution < 1.29 is 17.2 Å². The average Bonchev–Trinajstić information content (AvgIpc) is 2.76. The van der Waals surface area contributed by atoms with Crippen LogP contribution in [-0.4, -0.2) is 33.7 Å². The summed E-state index contributed by atoms with van der Waals surface area (Å²) in [7, 11) is -3.49. The molecular weight excluding hydrogens is 274 g/mol. The lowest BCUT2D eigenvalue weighted by atomic mass is 10.2. The summed E-state index contributed by atoms with van der Waals surface area (Å²) in [6, 6.07) is 5.13. The number of hydrogen-bond acceptors (Lipinski definition) is 3. The molecule has 0 saturated carbocycles. The molecule has 1 aliphatic heterocycles. The second-order valence-corrected chi connectivity index (χ2v) is 6.48. The Labute approximate surface area is 111 Å². The largest absolute Gasteiger partial charge is 0.310 e. The minimum Gasteiger partial charge on any atom is -0.310 e. The highest BCUT2D eigenvalue weighted by atomic mass is 32.2. The number of hydrogen-bond donors (Lipinski definition) is 2. The summed E-state index contributed by atoms with van der Waals surface area (Å²) in [5.74, 6) is -0.614. The van der Waals surface area contributed by atoms with E-state index in [4.69, 9.17) is 0 Å². The van der Waals surface area contributed by atoms with Crippen LogP contribution in [-0.2, 0) is 15.8 Å². The van der Waals surface area contributed by atoms with Crippen LogP contribution in [0.25, 0.3) is 0 Å². The molecule has 2 N–H and O–H groups in total. The predicted molar refractivity (Wildman–Crippen MR) is 68.3 cm³/mol. The van der Waals surface area contributed by atoms with E-state index in [9.17, 15) is 17.2 Å². The molecule has 1 aliphatic rings. The van der Waals surface area contributed by atoms with Crippen molar-refractivity contribution in [1.29, 1.82) is 0 Å². The molecule has 1 saturated heterocycles. The maximum absolute atomic E-state index is 12.9. The van der Waals surface area contributed by atoms with Crippen LogP contribution in [0.2, 0.25) is 0 Å². The van der Waals surface area contributed by atoms with Gasteiger partial charge in [-0.2, -0.15) is 0 Å². The Balaban J connectivity index is 1.86. The van der Waals surface area contributed by atoms with Gasteiger partial charge in [0.2, 0.25) is 10.0 Å². The van der Waals surface area contributed by atoms with Crippen LogP contribution in [0, 0.1) is 5.82 Å². The SMILES string of the molecule is O=S(=O)(Cc1ccc(F)cc1)NCC1CC(F)CN1. The number of halogens is 2. The number of nitrogens with one attached hydrogen (secondary N) is 2. The quantitative estimate of drug-likeness (QED) is 0.849. The van der Waals surface area contributed by atoms with Gasteiger partial charge >= 0.3 is 0 Å². The standard InChI is InChI=1S/C12H16F2N2O2S/c13-10-3-1-9(2-4-10)8-19(17,18)16-7-12-5-11(14)6-15-12/h1-4,11-12,15-16H,5-8H2. The highest BCUT2D eigenvalue weighted by Crippen LogP contribution is 2.10. The Morgan fingerprint density at radius 1 is 1.32 bits per heavy atom. The van der Waals surface area contributed by atoms with Crippen LogP contribution in [0.4, 0.5) is 8.78 Å². The van der Waals surface area contributed by atoms with Crippen molar-refractivity contribution in [3.63, 3.8) is 0 Å². The summed E-state index contributed by atoms with van der Waals surface area (Å²) in [5.41, 5.74) is 0.511. The minimum atomic E-state index is -3.49. The number of alkyl halides is 1. The van der Waals surface area contributed by atoms with Gasteiger partial charge < -0.3 is 5.32 Å². The number of sulfonamides is 1. The smallest absolute Gasteiger partial charge is 0.215 e. The Morgan fingerprint density at radius 2 is 2.00 bits per heavy atom. The first-order valence-corrected chi connectivity index (χ1v) is 7.69. The van der Waals surface area contributed by atoms with E-state index in [0.29, 0.717) is 12.0 Å². The Bertz CT molecular complexity index is 519. The van der Waals surface area contributed by atoms with Crippen molar-refractivity contribution >= 4 is 10.0 Å². The molecule has 1 heterocycles. The van der Waals surface area contributed by atoms with Gasteiger partial charge in [-0.3, -0.25) is 0 Å². The van der Waals surface area contributed by atoms with Crippen molar-refractivity contribution in [2.24, 2.45) is 0 Å². The van der Waals surface area contributed by atoms with Gasteiger partial charge in [0.25, 0.3) is 0 Å². The highest BCUT2D eigenvalue weighted by Gasteiger charge is 2.24. The molecule has 4 nitrogen and oxygen atoms in total. The van der Waals surface area contributed by atoms with Crippen LogP contribution >= 0.6 is 0 Å². The maximum atomic E-state index is 12.9. The Kier molecular flexibility index (Phi) is 4.49. The van der Waals surface area contributed by atoms with Gasteiger partial charge in [-0.05, 0) is 24.1 Å². The molecule has 0 bridgehead atoms. The predicted octanol–water partition coefficient (Wildman–Crippen LogP) is 0.945. The minimum absolute atomic E-state index is 0.169. The van der Waals surface area contributed by atoms with Gasteiger partial charge in [0.05, 0.1) is 5.75 Å². The third-order valence-electron chi connectivity index (χ3n) is 2.99. The topological polar surface area (TPSA) is 58.2 Å². The molecule has 0 spiro atoms. The van der Waals surface area contributed by atoms with Gasteiger partial charge in [-0.15, -0.1) is 0 Å². The highest BCUT2D eigenvalue weighted by molar-refractivity contribution is 7.88. The van der Waals surface area contributed by atoms with E-state index in [1.54, 1.807) is 0 Å². The van der Waals surface area contributed by atoms with E-state index >= 15 is 0 Å². The van der Waals surface area contributed by atoms with Gasteiger partial charge in [0.1, 0.15) is 12.0 Å². The monoisotopic (exact) mass is 290 g/mol. The van der Waals surface area contributed by atoms with Gasteiger partial charge in [-0.1, -0.05) is 12.1 Å². The summed E-state index contributed by atoms with van der Waals surface area (Å²) < 4.78 is 51.6. The lowest BCUT2D eigenvalue weighted by molar-refractivity contribution is 0.355. The molecule has 0 radical (unpaired) electrons. The molecule has 2 unspecified atom stereocenters. The first-order chi connectivity index (χ1) is 8.94. The van der Waals surface area contributed by atoms with Crippen molar-refractivity contribution in [1.82, 2.24) is 10.0 Å². The lowest BCUT2D eigenvalue weighted by Gasteiger charge is -2.11. The van der Waals surface area contributed by atoms with E-state index in [1.165, 1.54) is 24.3 Å². The summed E-state index contributed by atoms with van der Waals surface area (Å²) >= 11 is 0. The second-order valence-electron chi connectivity index (χ2n) is 4.67. The van der Waals surface area contributed by atoms with Crippen LogP contribution in [0.3, 0.4) is 0 Å². The fourth-order valence-electron chi connectivity index (χ4n) is 2.00. The molecule has 7 heteroatoms. The molecule has 2 atom stereocenters. The van der Waals surface area contributed by atoms with E-state index in [1.807, 2.05) is 0 Å². The molecule has 1 aromatic rings. The fraction of sp³-hybridized carbons (Fsp3) is 0.500. The summed E-state index contributed by atoms with van der Waals surface area (Å²) in [4.78, 5) is 0. The zero-order valence-electron chi connectivity index (χ0n) is 10.3. The van der Waals surface area contributed by atoms with E-state index in [2.05, 4.69) is 10.0 Å². The van der Waals surface area contributed by atoms with Crippen LogP contribution in [0.1, 0.15) is 12.0 Å². The van der Waals surface area contributed by atoms with Crippen LogP contribution < -0.4 is 10.0 Å². The van der Waals surface area contributed by atoms with Crippen LogP contribution in [0.15, 0.2) is 24.3 Å². The van der Waals surface area contributed by atoms with Gasteiger partial charge in [0.15, 0.2) is 0 Å². The lowest BCUT2D eigenvalue weighted by Crippen LogP contribution is -2.37. The second kappa shape index (κ2) is 5.94.